The van der Waals surface area contributed by atoms with Crippen molar-refractivity contribution in [3.8, 4) is 0 Å². The molecule has 0 bridgehead atoms. The Morgan fingerprint density at radius 1 is 1.12 bits per heavy atom. The summed E-state index contributed by atoms with van der Waals surface area (Å²) in [6, 6.07) is 0. The standard InChI is InChI=1S/C14H26O2/c1-12-3-7-14(15-2,8-4-12)11-13-5-9-16-10-6-13/h12-13H,3-11H2,1-2H3. The minimum absolute atomic E-state index is 0.203. The van der Waals surface area contributed by atoms with Crippen LogP contribution in [0.15, 0.2) is 0 Å². The van der Waals surface area contributed by atoms with E-state index in [1.807, 2.05) is 7.11 Å². The van der Waals surface area contributed by atoms with E-state index in [0.717, 1.165) is 25.0 Å². The second-order valence-electron chi connectivity index (χ2n) is 5.83. The molecule has 0 aromatic rings. The average molecular weight is 226 g/mol. The summed E-state index contributed by atoms with van der Waals surface area (Å²) in [5.41, 5.74) is 0.203. The predicted molar refractivity (Wildman–Crippen MR) is 65.5 cm³/mol. The van der Waals surface area contributed by atoms with Crippen LogP contribution in [0.2, 0.25) is 0 Å². The third kappa shape index (κ3) is 2.98. The summed E-state index contributed by atoms with van der Waals surface area (Å²) in [6.07, 6.45) is 8.96. The summed E-state index contributed by atoms with van der Waals surface area (Å²) in [5, 5.41) is 0. The second-order valence-corrected chi connectivity index (χ2v) is 5.83. The van der Waals surface area contributed by atoms with Crippen molar-refractivity contribution in [3.05, 3.63) is 0 Å². The molecule has 0 N–H and O–H groups in total. The molecule has 1 aliphatic heterocycles. The van der Waals surface area contributed by atoms with Gasteiger partial charge in [0.2, 0.25) is 0 Å². The minimum atomic E-state index is 0.203. The van der Waals surface area contributed by atoms with Gasteiger partial charge in [-0.3, -0.25) is 0 Å². The van der Waals surface area contributed by atoms with Crippen LogP contribution in [-0.4, -0.2) is 25.9 Å². The van der Waals surface area contributed by atoms with Gasteiger partial charge in [0.05, 0.1) is 5.60 Å². The zero-order valence-corrected chi connectivity index (χ0v) is 10.8. The Kier molecular flexibility index (Phi) is 4.26. The fourth-order valence-corrected chi connectivity index (χ4v) is 3.26. The SMILES string of the molecule is COC1(CC2CCOCC2)CCC(C)CC1. The molecule has 1 saturated heterocycles. The van der Waals surface area contributed by atoms with E-state index in [0.29, 0.717) is 0 Å². The number of rotatable bonds is 3. The maximum atomic E-state index is 5.89. The maximum Gasteiger partial charge on any atom is 0.0681 e. The highest BCUT2D eigenvalue weighted by Crippen LogP contribution is 2.40. The molecule has 1 heterocycles. The van der Waals surface area contributed by atoms with Crippen molar-refractivity contribution < 1.29 is 9.47 Å². The maximum absolute atomic E-state index is 5.89. The Bertz CT molecular complexity index is 201. The second kappa shape index (κ2) is 5.50. The lowest BCUT2D eigenvalue weighted by atomic mass is 9.74. The third-order valence-electron chi connectivity index (χ3n) is 4.62. The first-order valence-corrected chi connectivity index (χ1v) is 6.87. The Labute approximate surface area is 99.7 Å². The van der Waals surface area contributed by atoms with Gasteiger partial charge in [-0.1, -0.05) is 6.92 Å². The first-order chi connectivity index (χ1) is 7.74. The van der Waals surface area contributed by atoms with E-state index in [9.17, 15) is 0 Å². The van der Waals surface area contributed by atoms with Crippen LogP contribution in [0.1, 0.15) is 51.9 Å². The summed E-state index contributed by atoms with van der Waals surface area (Å²) in [6.45, 7) is 4.29. The molecule has 2 rings (SSSR count). The highest BCUT2D eigenvalue weighted by molar-refractivity contribution is 4.88. The minimum Gasteiger partial charge on any atom is -0.381 e. The van der Waals surface area contributed by atoms with Crippen LogP contribution in [0.5, 0.6) is 0 Å². The van der Waals surface area contributed by atoms with Gasteiger partial charge >= 0.3 is 0 Å². The summed E-state index contributed by atoms with van der Waals surface area (Å²) >= 11 is 0. The molecule has 0 amide bonds. The molecule has 0 spiro atoms. The van der Waals surface area contributed by atoms with E-state index in [2.05, 4.69) is 6.92 Å². The Morgan fingerprint density at radius 3 is 2.31 bits per heavy atom. The topological polar surface area (TPSA) is 18.5 Å². The number of hydrogen-bond acceptors (Lipinski definition) is 2. The Balaban J connectivity index is 1.88. The molecule has 16 heavy (non-hydrogen) atoms. The van der Waals surface area contributed by atoms with E-state index >= 15 is 0 Å². The van der Waals surface area contributed by atoms with Gasteiger partial charge in [-0.15, -0.1) is 0 Å². The van der Waals surface area contributed by atoms with Gasteiger partial charge in [-0.25, -0.2) is 0 Å². The molecule has 1 saturated carbocycles. The molecular weight excluding hydrogens is 200 g/mol. The number of hydrogen-bond donors (Lipinski definition) is 0. The van der Waals surface area contributed by atoms with E-state index < -0.39 is 0 Å². The molecule has 0 aromatic carbocycles. The summed E-state index contributed by atoms with van der Waals surface area (Å²) in [7, 11) is 1.91. The molecule has 0 radical (unpaired) electrons. The summed E-state index contributed by atoms with van der Waals surface area (Å²) < 4.78 is 11.3. The molecule has 2 heteroatoms. The van der Waals surface area contributed by atoms with Crippen molar-refractivity contribution in [1.82, 2.24) is 0 Å². The van der Waals surface area contributed by atoms with Gasteiger partial charge in [-0.05, 0) is 56.8 Å². The Hall–Kier alpha value is -0.0800. The smallest absolute Gasteiger partial charge is 0.0681 e. The highest BCUT2D eigenvalue weighted by atomic mass is 16.5. The summed E-state index contributed by atoms with van der Waals surface area (Å²) in [4.78, 5) is 0. The van der Waals surface area contributed by atoms with E-state index in [-0.39, 0.29) is 5.60 Å². The van der Waals surface area contributed by atoms with Crippen molar-refractivity contribution in [3.63, 3.8) is 0 Å². The van der Waals surface area contributed by atoms with Crippen molar-refractivity contribution in [2.45, 2.75) is 57.5 Å². The van der Waals surface area contributed by atoms with Gasteiger partial charge in [-0.2, -0.15) is 0 Å². The molecule has 2 fully saturated rings. The third-order valence-corrected chi connectivity index (χ3v) is 4.62. The largest absolute Gasteiger partial charge is 0.381 e. The van der Waals surface area contributed by atoms with Crippen LogP contribution in [-0.2, 0) is 9.47 Å². The van der Waals surface area contributed by atoms with Crippen molar-refractivity contribution in [1.29, 1.82) is 0 Å². The van der Waals surface area contributed by atoms with E-state index in [4.69, 9.17) is 9.47 Å². The number of ether oxygens (including phenoxy) is 2. The van der Waals surface area contributed by atoms with E-state index in [1.165, 1.54) is 44.9 Å². The van der Waals surface area contributed by atoms with Crippen LogP contribution in [0, 0.1) is 11.8 Å². The quantitative estimate of drug-likeness (QED) is 0.734. The molecule has 0 unspecified atom stereocenters. The first-order valence-electron chi connectivity index (χ1n) is 6.87. The molecule has 2 aliphatic rings. The zero-order valence-electron chi connectivity index (χ0n) is 10.8. The van der Waals surface area contributed by atoms with Crippen LogP contribution < -0.4 is 0 Å². The molecule has 0 aromatic heterocycles. The van der Waals surface area contributed by atoms with Gasteiger partial charge in [0.1, 0.15) is 0 Å². The number of methoxy groups -OCH3 is 1. The van der Waals surface area contributed by atoms with Gasteiger partial charge in [0, 0.05) is 20.3 Å². The van der Waals surface area contributed by atoms with Crippen LogP contribution in [0.4, 0.5) is 0 Å². The fraction of sp³-hybridized carbons (Fsp3) is 1.00. The Morgan fingerprint density at radius 2 is 1.75 bits per heavy atom. The monoisotopic (exact) mass is 226 g/mol. The molecule has 1 aliphatic carbocycles. The van der Waals surface area contributed by atoms with Gasteiger partial charge in [0.15, 0.2) is 0 Å². The molecular formula is C14H26O2. The van der Waals surface area contributed by atoms with Crippen LogP contribution in [0.25, 0.3) is 0 Å². The normalized spacial score (nSPS) is 37.5. The molecule has 0 atom stereocenters. The lowest BCUT2D eigenvalue weighted by Crippen LogP contribution is -2.38. The predicted octanol–water partition coefficient (Wildman–Crippen LogP) is 3.40. The van der Waals surface area contributed by atoms with Crippen molar-refractivity contribution >= 4 is 0 Å². The highest BCUT2D eigenvalue weighted by Gasteiger charge is 2.36. The molecule has 2 nitrogen and oxygen atoms in total. The van der Waals surface area contributed by atoms with E-state index in [1.54, 1.807) is 0 Å². The first kappa shape index (κ1) is 12.4. The fourth-order valence-electron chi connectivity index (χ4n) is 3.26. The lowest BCUT2D eigenvalue weighted by Gasteiger charge is -2.41. The van der Waals surface area contributed by atoms with Crippen LogP contribution in [0.3, 0.4) is 0 Å². The van der Waals surface area contributed by atoms with Crippen molar-refractivity contribution in [2.75, 3.05) is 20.3 Å². The van der Waals surface area contributed by atoms with Gasteiger partial charge < -0.3 is 9.47 Å². The average Bonchev–Trinajstić information content (AvgIpc) is 2.34. The summed E-state index contributed by atoms with van der Waals surface area (Å²) in [5.74, 6) is 1.74. The van der Waals surface area contributed by atoms with Crippen LogP contribution >= 0.6 is 0 Å². The van der Waals surface area contributed by atoms with Gasteiger partial charge in [0.25, 0.3) is 0 Å². The molecule has 94 valence electrons. The van der Waals surface area contributed by atoms with Crippen molar-refractivity contribution in [2.24, 2.45) is 11.8 Å². The zero-order chi connectivity index (χ0) is 11.4. The lowest BCUT2D eigenvalue weighted by molar-refractivity contribution is -0.0742.